The molecule has 144 valence electrons. The fourth-order valence-electron chi connectivity index (χ4n) is 3.15. The van der Waals surface area contributed by atoms with Crippen LogP contribution >= 0.6 is 11.6 Å². The van der Waals surface area contributed by atoms with Crippen LogP contribution in [0, 0.1) is 20.8 Å². The normalized spacial score (nSPS) is 18.9. The summed E-state index contributed by atoms with van der Waals surface area (Å²) in [5.41, 5.74) is 4.16. The molecule has 1 aliphatic heterocycles. The van der Waals surface area contributed by atoms with Crippen molar-refractivity contribution >= 4 is 39.1 Å². The summed E-state index contributed by atoms with van der Waals surface area (Å²) in [4.78, 5) is 12.3. The number of sulfone groups is 1. The molecule has 6 nitrogen and oxygen atoms in total. The van der Waals surface area contributed by atoms with Crippen LogP contribution in [-0.2, 0) is 14.6 Å². The third-order valence-electron chi connectivity index (χ3n) is 4.89. The maximum atomic E-state index is 12.3. The van der Waals surface area contributed by atoms with Crippen LogP contribution in [0.1, 0.15) is 34.8 Å². The van der Waals surface area contributed by atoms with E-state index in [0.29, 0.717) is 22.8 Å². The Labute approximate surface area is 164 Å². The number of hydrogen-bond donors (Lipinski definition) is 1. The van der Waals surface area contributed by atoms with Crippen LogP contribution in [-0.4, -0.2) is 35.6 Å². The Kier molecular flexibility index (Phi) is 5.44. The fourth-order valence-corrected chi connectivity index (χ4v) is 5.22. The van der Waals surface area contributed by atoms with Crippen LogP contribution in [0.3, 0.4) is 0 Å². The lowest BCUT2D eigenvalue weighted by atomic mass is 10.1. The molecule has 27 heavy (non-hydrogen) atoms. The molecule has 1 N–H and O–H groups in total. The number of aryl methyl sites for hydroxylation is 2. The molecule has 1 amide bonds. The van der Waals surface area contributed by atoms with Gasteiger partial charge in [0.15, 0.2) is 9.84 Å². The van der Waals surface area contributed by atoms with Crippen LogP contribution in [0.4, 0.5) is 5.69 Å². The van der Waals surface area contributed by atoms with E-state index in [1.54, 1.807) is 17.7 Å². The van der Waals surface area contributed by atoms with Gasteiger partial charge in [-0.2, -0.15) is 5.10 Å². The van der Waals surface area contributed by atoms with E-state index in [1.807, 2.05) is 32.0 Å². The Balaban J connectivity index is 1.77. The van der Waals surface area contributed by atoms with Crippen molar-refractivity contribution in [2.24, 2.45) is 0 Å². The largest absolute Gasteiger partial charge is 0.322 e. The van der Waals surface area contributed by atoms with Gasteiger partial charge in [-0.25, -0.2) is 13.1 Å². The van der Waals surface area contributed by atoms with Gasteiger partial charge in [0.2, 0.25) is 5.91 Å². The first kappa shape index (κ1) is 19.6. The smallest absolute Gasteiger partial charge is 0.248 e. The van der Waals surface area contributed by atoms with E-state index in [-0.39, 0.29) is 23.5 Å². The minimum atomic E-state index is -3.03. The Bertz CT molecular complexity index is 1030. The van der Waals surface area contributed by atoms with E-state index >= 15 is 0 Å². The van der Waals surface area contributed by atoms with Gasteiger partial charge in [-0.15, -0.1) is 0 Å². The molecule has 1 fully saturated rings. The minimum Gasteiger partial charge on any atom is -0.322 e. The van der Waals surface area contributed by atoms with E-state index < -0.39 is 9.84 Å². The third kappa shape index (κ3) is 4.25. The minimum absolute atomic E-state index is 0.0457. The lowest BCUT2D eigenvalue weighted by Crippen LogP contribution is -2.12. The molecule has 0 aliphatic carbocycles. The monoisotopic (exact) mass is 407 g/mol. The fraction of sp³-hybridized carbons (Fsp3) is 0.368. The van der Waals surface area contributed by atoms with Crippen molar-refractivity contribution in [1.82, 2.24) is 9.78 Å². The molecule has 8 heteroatoms. The number of halogens is 1. The number of nitrogens with zero attached hydrogens (tertiary/aromatic N) is 2. The van der Waals surface area contributed by atoms with Gasteiger partial charge >= 0.3 is 0 Å². The van der Waals surface area contributed by atoms with E-state index in [9.17, 15) is 13.2 Å². The van der Waals surface area contributed by atoms with Crippen molar-refractivity contribution in [2.45, 2.75) is 33.2 Å². The highest BCUT2D eigenvalue weighted by atomic mass is 35.5. The molecular weight excluding hydrogens is 386 g/mol. The topological polar surface area (TPSA) is 81.1 Å². The van der Waals surface area contributed by atoms with Gasteiger partial charge in [-0.1, -0.05) is 23.7 Å². The van der Waals surface area contributed by atoms with E-state index in [0.717, 1.165) is 16.8 Å². The lowest BCUT2D eigenvalue weighted by Gasteiger charge is -2.09. The first-order chi connectivity index (χ1) is 12.7. The molecule has 0 unspecified atom stereocenters. The first-order valence-electron chi connectivity index (χ1n) is 8.68. The van der Waals surface area contributed by atoms with Gasteiger partial charge in [-0.05, 0) is 50.5 Å². The number of rotatable bonds is 4. The number of aromatic nitrogens is 2. The number of anilines is 1. The summed E-state index contributed by atoms with van der Waals surface area (Å²) in [6.07, 6.45) is 3.53. The molecule has 1 atom stereocenters. The first-order valence-corrected chi connectivity index (χ1v) is 10.9. The van der Waals surface area contributed by atoms with Crippen molar-refractivity contribution in [3.05, 3.63) is 51.8 Å². The van der Waals surface area contributed by atoms with Crippen molar-refractivity contribution in [1.29, 1.82) is 0 Å². The number of nitrogens with one attached hydrogen (secondary N) is 1. The molecule has 1 saturated heterocycles. The summed E-state index contributed by atoms with van der Waals surface area (Å²) in [5.74, 6) is -0.0733. The van der Waals surface area contributed by atoms with Crippen LogP contribution < -0.4 is 5.32 Å². The molecule has 2 heterocycles. The van der Waals surface area contributed by atoms with E-state index in [4.69, 9.17) is 11.6 Å². The van der Waals surface area contributed by atoms with Gasteiger partial charge in [0.25, 0.3) is 0 Å². The number of benzene rings is 1. The second kappa shape index (κ2) is 7.48. The van der Waals surface area contributed by atoms with Crippen molar-refractivity contribution in [3.63, 3.8) is 0 Å². The van der Waals surface area contributed by atoms with Gasteiger partial charge in [0, 0.05) is 17.3 Å². The Morgan fingerprint density at radius 1 is 1.33 bits per heavy atom. The number of hydrogen-bond acceptors (Lipinski definition) is 4. The molecule has 3 rings (SSSR count). The van der Waals surface area contributed by atoms with Crippen molar-refractivity contribution in [3.8, 4) is 0 Å². The highest BCUT2D eigenvalue weighted by Gasteiger charge is 2.31. The summed E-state index contributed by atoms with van der Waals surface area (Å²) in [7, 11) is -3.03. The molecular formula is C19H22ClN3O3S. The second-order valence-electron chi connectivity index (χ2n) is 6.86. The van der Waals surface area contributed by atoms with Crippen LogP contribution in [0.5, 0.6) is 0 Å². The zero-order valence-electron chi connectivity index (χ0n) is 15.5. The average molecular weight is 408 g/mol. The Morgan fingerprint density at radius 3 is 2.74 bits per heavy atom. The van der Waals surface area contributed by atoms with Gasteiger partial charge in [-0.3, -0.25) is 4.79 Å². The summed E-state index contributed by atoms with van der Waals surface area (Å²) >= 11 is 6.42. The molecule has 2 aromatic rings. The van der Waals surface area contributed by atoms with Gasteiger partial charge in [0.1, 0.15) is 5.15 Å². The maximum Gasteiger partial charge on any atom is 0.248 e. The number of carbonyl (C=O) groups is 1. The summed E-state index contributed by atoms with van der Waals surface area (Å²) < 4.78 is 25.0. The number of amides is 1. The highest BCUT2D eigenvalue weighted by molar-refractivity contribution is 7.91. The predicted molar refractivity (Wildman–Crippen MR) is 108 cm³/mol. The lowest BCUT2D eigenvalue weighted by molar-refractivity contribution is -0.111. The molecule has 0 radical (unpaired) electrons. The summed E-state index contributed by atoms with van der Waals surface area (Å²) in [6.45, 7) is 5.73. The number of carbonyl (C=O) groups excluding carboxylic acids is 1. The maximum absolute atomic E-state index is 12.3. The quantitative estimate of drug-likeness (QED) is 0.787. The highest BCUT2D eigenvalue weighted by Crippen LogP contribution is 2.30. The molecule has 0 spiro atoms. The van der Waals surface area contributed by atoms with Gasteiger partial charge < -0.3 is 5.32 Å². The van der Waals surface area contributed by atoms with Crippen LogP contribution in [0.25, 0.3) is 6.08 Å². The van der Waals surface area contributed by atoms with Gasteiger partial charge in [0.05, 0.1) is 23.2 Å². The molecule has 1 aliphatic rings. The SMILES string of the molecule is Cc1cccc(NC(=O)/C=C/c2c(C)nn([C@@H]3CCS(=O)(=O)C3)c2Cl)c1C. The van der Waals surface area contributed by atoms with Crippen molar-refractivity contribution in [2.75, 3.05) is 16.8 Å². The summed E-state index contributed by atoms with van der Waals surface area (Å²) in [5, 5.41) is 7.59. The molecule has 1 aromatic carbocycles. The zero-order valence-corrected chi connectivity index (χ0v) is 17.1. The Hall–Kier alpha value is -2.12. The van der Waals surface area contributed by atoms with E-state index in [1.165, 1.54) is 6.08 Å². The molecule has 0 saturated carbocycles. The predicted octanol–water partition coefficient (Wildman–Crippen LogP) is 3.47. The molecule has 1 aromatic heterocycles. The Morgan fingerprint density at radius 2 is 2.07 bits per heavy atom. The van der Waals surface area contributed by atoms with E-state index in [2.05, 4.69) is 10.4 Å². The van der Waals surface area contributed by atoms with Crippen LogP contribution in [0.15, 0.2) is 24.3 Å². The third-order valence-corrected chi connectivity index (χ3v) is 7.02. The van der Waals surface area contributed by atoms with Crippen molar-refractivity contribution < 1.29 is 13.2 Å². The van der Waals surface area contributed by atoms with Crippen LogP contribution in [0.2, 0.25) is 5.15 Å². The zero-order chi connectivity index (χ0) is 19.8. The molecule has 0 bridgehead atoms. The second-order valence-corrected chi connectivity index (χ2v) is 9.45. The summed E-state index contributed by atoms with van der Waals surface area (Å²) in [6, 6.07) is 5.47. The standard InChI is InChI=1S/C19H22ClN3O3S/c1-12-5-4-6-17(13(12)2)21-18(24)8-7-16-14(3)22-23(19(16)20)15-9-10-27(25,26)11-15/h4-8,15H,9-11H2,1-3H3,(H,21,24)/b8-7+/t15-/m1/s1. The average Bonchev–Trinajstić information content (AvgIpc) is 3.09.